The first-order chi connectivity index (χ1) is 14.3. The van der Waals surface area contributed by atoms with Crippen molar-refractivity contribution >= 4 is 38.9 Å². The van der Waals surface area contributed by atoms with Crippen LogP contribution in [0, 0.1) is 0 Å². The molecule has 1 heterocycles. The van der Waals surface area contributed by atoms with Crippen molar-refractivity contribution in [3.05, 3.63) is 53.6 Å². The van der Waals surface area contributed by atoms with E-state index >= 15 is 0 Å². The van der Waals surface area contributed by atoms with Crippen LogP contribution in [0.3, 0.4) is 0 Å². The van der Waals surface area contributed by atoms with Crippen LogP contribution in [0.1, 0.15) is 6.92 Å². The zero-order valence-corrected chi connectivity index (χ0v) is 18.8. The molecular weight excluding hydrogens is 424 g/mol. The third kappa shape index (κ3) is 5.51. The molecular formula is C21H27ClN4O3S. The number of benzene rings is 2. The predicted octanol–water partition coefficient (Wildman–Crippen LogP) is 2.74. The van der Waals surface area contributed by atoms with Gasteiger partial charge in [-0.25, -0.2) is 8.42 Å². The Hall–Kier alpha value is -2.13. The van der Waals surface area contributed by atoms with Crippen molar-refractivity contribution in [2.24, 2.45) is 0 Å². The van der Waals surface area contributed by atoms with E-state index in [2.05, 4.69) is 22.0 Å². The lowest BCUT2D eigenvalue weighted by atomic mass is 10.2. The van der Waals surface area contributed by atoms with Crippen molar-refractivity contribution < 1.29 is 13.2 Å². The lowest BCUT2D eigenvalue weighted by Crippen LogP contribution is -2.46. The lowest BCUT2D eigenvalue weighted by molar-refractivity contribution is -0.116. The highest BCUT2D eigenvalue weighted by atomic mass is 35.5. The van der Waals surface area contributed by atoms with Gasteiger partial charge in [0, 0.05) is 49.6 Å². The maximum atomic E-state index is 12.6. The van der Waals surface area contributed by atoms with E-state index in [0.29, 0.717) is 10.7 Å². The highest BCUT2D eigenvalue weighted by molar-refractivity contribution is 7.89. The van der Waals surface area contributed by atoms with Crippen LogP contribution in [0.5, 0.6) is 0 Å². The summed E-state index contributed by atoms with van der Waals surface area (Å²) in [6, 6.07) is 13.5. The Morgan fingerprint density at radius 1 is 1.03 bits per heavy atom. The van der Waals surface area contributed by atoms with E-state index in [0.717, 1.165) is 42.7 Å². The Kier molecular flexibility index (Phi) is 7.36. The van der Waals surface area contributed by atoms with Gasteiger partial charge in [0.2, 0.25) is 15.9 Å². The molecule has 1 aliphatic rings. The van der Waals surface area contributed by atoms with Crippen LogP contribution in [0.25, 0.3) is 0 Å². The average molecular weight is 451 g/mol. The van der Waals surface area contributed by atoms with Crippen molar-refractivity contribution in [3.8, 4) is 0 Å². The Morgan fingerprint density at radius 3 is 2.20 bits per heavy atom. The van der Waals surface area contributed by atoms with Crippen molar-refractivity contribution in [2.45, 2.75) is 11.8 Å². The normalized spacial score (nSPS) is 15.4. The van der Waals surface area contributed by atoms with Crippen LogP contribution < -0.4 is 10.2 Å². The largest absolute Gasteiger partial charge is 0.369 e. The number of amides is 1. The van der Waals surface area contributed by atoms with E-state index in [4.69, 9.17) is 11.6 Å². The second-order valence-corrected chi connectivity index (χ2v) is 9.71. The quantitative estimate of drug-likeness (QED) is 0.702. The third-order valence-electron chi connectivity index (χ3n) is 5.22. The van der Waals surface area contributed by atoms with Gasteiger partial charge in [-0.15, -0.1) is 0 Å². The first-order valence-corrected chi connectivity index (χ1v) is 11.7. The number of piperazine rings is 1. The number of rotatable bonds is 7. The van der Waals surface area contributed by atoms with Gasteiger partial charge in [-0.2, -0.15) is 4.31 Å². The summed E-state index contributed by atoms with van der Waals surface area (Å²) in [5.74, 6) is -0.403. The summed E-state index contributed by atoms with van der Waals surface area (Å²) in [6.45, 7) is 7.00. The van der Waals surface area contributed by atoms with Crippen molar-refractivity contribution in [1.82, 2.24) is 9.21 Å². The van der Waals surface area contributed by atoms with Gasteiger partial charge in [0.25, 0.3) is 0 Å². The molecule has 3 rings (SSSR count). The van der Waals surface area contributed by atoms with Crippen molar-refractivity contribution in [3.63, 3.8) is 0 Å². The summed E-state index contributed by atoms with van der Waals surface area (Å²) in [6.07, 6.45) is 0. The maximum Gasteiger partial charge on any atom is 0.243 e. The number of hydrogen-bond acceptors (Lipinski definition) is 5. The zero-order chi connectivity index (χ0) is 21.7. The summed E-state index contributed by atoms with van der Waals surface area (Å²) < 4.78 is 26.2. The minimum atomic E-state index is -3.77. The lowest BCUT2D eigenvalue weighted by Gasteiger charge is -2.35. The molecule has 1 N–H and O–H groups in total. The molecule has 9 heteroatoms. The molecule has 1 aliphatic heterocycles. The molecule has 2 aromatic carbocycles. The van der Waals surface area contributed by atoms with Crippen molar-refractivity contribution in [1.29, 1.82) is 0 Å². The van der Waals surface area contributed by atoms with E-state index < -0.39 is 15.9 Å². The molecule has 0 aromatic heterocycles. The highest BCUT2D eigenvalue weighted by Crippen LogP contribution is 2.20. The molecule has 1 saturated heterocycles. The number of hydrogen-bond donors (Lipinski definition) is 1. The zero-order valence-electron chi connectivity index (χ0n) is 17.2. The van der Waals surface area contributed by atoms with E-state index in [1.165, 1.54) is 31.3 Å². The molecule has 0 atom stereocenters. The van der Waals surface area contributed by atoms with Crippen LogP contribution in [0.2, 0.25) is 5.02 Å². The molecule has 2 aromatic rings. The van der Waals surface area contributed by atoms with Gasteiger partial charge >= 0.3 is 0 Å². The fourth-order valence-corrected chi connectivity index (χ4v) is 4.61. The van der Waals surface area contributed by atoms with Crippen molar-refractivity contribution in [2.75, 3.05) is 56.5 Å². The van der Waals surface area contributed by atoms with Crippen LogP contribution in [0.15, 0.2) is 53.4 Å². The fraction of sp³-hybridized carbons (Fsp3) is 0.381. The Labute approximate surface area is 183 Å². The number of carbonyl (C=O) groups is 1. The van der Waals surface area contributed by atoms with E-state index in [9.17, 15) is 13.2 Å². The summed E-state index contributed by atoms with van der Waals surface area (Å²) in [5.41, 5.74) is 1.75. The van der Waals surface area contributed by atoms with E-state index in [1.54, 1.807) is 0 Å². The van der Waals surface area contributed by atoms with Gasteiger partial charge in [0.1, 0.15) is 0 Å². The molecule has 162 valence electrons. The molecule has 0 aliphatic carbocycles. The summed E-state index contributed by atoms with van der Waals surface area (Å²) in [5, 5.41) is 3.21. The molecule has 0 saturated carbocycles. The number of nitrogens with one attached hydrogen (secondary N) is 1. The molecule has 1 amide bonds. The second-order valence-electron chi connectivity index (χ2n) is 7.23. The number of carbonyl (C=O) groups excluding carboxylic acids is 1. The maximum absolute atomic E-state index is 12.6. The molecule has 0 bridgehead atoms. The van der Waals surface area contributed by atoms with Crippen LogP contribution >= 0.6 is 11.6 Å². The molecule has 7 nitrogen and oxygen atoms in total. The summed E-state index contributed by atoms with van der Waals surface area (Å²) >= 11 is 5.81. The summed E-state index contributed by atoms with van der Waals surface area (Å²) in [4.78, 5) is 17.2. The van der Waals surface area contributed by atoms with Gasteiger partial charge in [-0.05, 0) is 55.1 Å². The second kappa shape index (κ2) is 9.78. The molecule has 0 spiro atoms. The SMILES string of the molecule is CCN1CCN(c2ccc(NC(=O)CN(C)S(=O)(=O)c3ccc(Cl)cc3)cc2)CC1. The smallest absolute Gasteiger partial charge is 0.243 e. The topological polar surface area (TPSA) is 73.0 Å². The molecule has 30 heavy (non-hydrogen) atoms. The van der Waals surface area contributed by atoms with Gasteiger partial charge in [0.15, 0.2) is 0 Å². The predicted molar refractivity (Wildman–Crippen MR) is 121 cm³/mol. The van der Waals surface area contributed by atoms with Crippen LogP contribution in [-0.4, -0.2) is 69.8 Å². The first-order valence-electron chi connectivity index (χ1n) is 9.88. The number of nitrogens with zero attached hydrogens (tertiary/aromatic N) is 3. The van der Waals surface area contributed by atoms with Gasteiger partial charge in [0.05, 0.1) is 11.4 Å². The standard InChI is InChI=1S/C21H27ClN4O3S/c1-3-25-12-14-26(15-13-25)19-8-6-18(7-9-19)23-21(27)16-24(2)30(28,29)20-10-4-17(22)5-11-20/h4-11H,3,12-16H2,1-2H3,(H,23,27). The highest BCUT2D eigenvalue weighted by Gasteiger charge is 2.23. The third-order valence-corrected chi connectivity index (χ3v) is 7.29. The first kappa shape index (κ1) is 22.6. The van der Waals surface area contributed by atoms with Crippen LogP contribution in [0.4, 0.5) is 11.4 Å². The van der Waals surface area contributed by atoms with Gasteiger partial charge < -0.3 is 15.1 Å². The minimum Gasteiger partial charge on any atom is -0.369 e. The minimum absolute atomic E-state index is 0.0923. The summed E-state index contributed by atoms with van der Waals surface area (Å²) in [7, 11) is -2.39. The van der Waals surface area contributed by atoms with Gasteiger partial charge in [-0.1, -0.05) is 18.5 Å². The monoisotopic (exact) mass is 450 g/mol. The van der Waals surface area contributed by atoms with E-state index in [1.807, 2.05) is 24.3 Å². The van der Waals surface area contributed by atoms with Gasteiger partial charge in [-0.3, -0.25) is 4.79 Å². The molecule has 0 unspecified atom stereocenters. The molecule has 1 fully saturated rings. The Morgan fingerprint density at radius 2 is 1.63 bits per heavy atom. The fourth-order valence-electron chi connectivity index (χ4n) is 3.35. The number of halogens is 1. The number of likely N-dealkylation sites (N-methyl/N-ethyl adjacent to an activating group) is 2. The number of anilines is 2. The number of sulfonamides is 1. The Bertz CT molecular complexity index is 957. The van der Waals surface area contributed by atoms with Crippen LogP contribution in [-0.2, 0) is 14.8 Å². The average Bonchev–Trinajstić information content (AvgIpc) is 2.74. The molecule has 0 radical (unpaired) electrons. The van der Waals surface area contributed by atoms with E-state index in [-0.39, 0.29) is 11.4 Å². The Balaban J connectivity index is 1.56.